The van der Waals surface area contributed by atoms with Gasteiger partial charge in [-0.2, -0.15) is 8.42 Å². The van der Waals surface area contributed by atoms with Crippen LogP contribution in [0.2, 0.25) is 0 Å². The quantitative estimate of drug-likeness (QED) is 0.341. The fourth-order valence-corrected chi connectivity index (χ4v) is 7.83. The fourth-order valence-electron chi connectivity index (χ4n) is 6.28. The van der Waals surface area contributed by atoms with Crippen LogP contribution in [-0.2, 0) is 19.7 Å². The first-order valence-corrected chi connectivity index (χ1v) is 15.5. The molecular formula is C31H34BrNO5S. The summed E-state index contributed by atoms with van der Waals surface area (Å²) >= 11 is 3.51. The van der Waals surface area contributed by atoms with Crippen LogP contribution < -0.4 is 4.18 Å². The van der Waals surface area contributed by atoms with Gasteiger partial charge < -0.3 is 9.08 Å². The lowest BCUT2D eigenvalue weighted by Gasteiger charge is -2.48. The Balaban J connectivity index is 1.63. The van der Waals surface area contributed by atoms with Crippen LogP contribution in [0.1, 0.15) is 71.8 Å². The maximum atomic E-state index is 13.8. The van der Waals surface area contributed by atoms with Crippen molar-refractivity contribution in [1.29, 1.82) is 0 Å². The normalized spacial score (nSPS) is 21.1. The Bertz CT molecular complexity index is 1480. The van der Waals surface area contributed by atoms with E-state index in [1.807, 2.05) is 0 Å². The van der Waals surface area contributed by atoms with Gasteiger partial charge in [-0.1, -0.05) is 52.0 Å². The van der Waals surface area contributed by atoms with E-state index in [1.54, 1.807) is 36.4 Å². The minimum absolute atomic E-state index is 0.0587. The van der Waals surface area contributed by atoms with E-state index in [9.17, 15) is 18.0 Å². The lowest BCUT2D eigenvalue weighted by molar-refractivity contribution is -0.119. The number of hydrogen-bond donors (Lipinski definition) is 0. The first-order valence-electron chi connectivity index (χ1n) is 13.3. The van der Waals surface area contributed by atoms with Crippen LogP contribution in [0.15, 0.2) is 80.4 Å². The van der Waals surface area contributed by atoms with Gasteiger partial charge in [0.2, 0.25) is 0 Å². The smallest absolute Gasteiger partial charge is 0.339 e. The molecule has 0 atom stereocenters. The van der Waals surface area contributed by atoms with Crippen molar-refractivity contribution in [2.45, 2.75) is 71.1 Å². The Morgan fingerprint density at radius 3 is 1.90 bits per heavy atom. The molecule has 0 bridgehead atoms. The van der Waals surface area contributed by atoms with E-state index in [2.05, 4.69) is 55.4 Å². The number of halogens is 1. The average molecular weight is 613 g/mol. The molecule has 6 nitrogen and oxygen atoms in total. The molecule has 0 N–H and O–H groups in total. The van der Waals surface area contributed by atoms with Gasteiger partial charge in [0.1, 0.15) is 4.90 Å². The van der Waals surface area contributed by atoms with Crippen LogP contribution in [-0.4, -0.2) is 31.4 Å². The Hall–Kier alpha value is -2.71. The van der Waals surface area contributed by atoms with Gasteiger partial charge in [-0.3, -0.25) is 9.59 Å². The lowest BCUT2D eigenvalue weighted by atomic mass is 9.63. The van der Waals surface area contributed by atoms with Crippen LogP contribution in [0.25, 0.3) is 0 Å². The molecule has 206 valence electrons. The summed E-state index contributed by atoms with van der Waals surface area (Å²) in [7, 11) is -4.03. The first-order chi connectivity index (χ1) is 18.2. The molecule has 0 aromatic heterocycles. The van der Waals surface area contributed by atoms with Crippen LogP contribution >= 0.6 is 15.9 Å². The molecule has 0 amide bonds. The summed E-state index contributed by atoms with van der Waals surface area (Å²) < 4.78 is 31.6. The highest BCUT2D eigenvalue weighted by atomic mass is 79.9. The second kappa shape index (κ2) is 9.73. The van der Waals surface area contributed by atoms with Crippen LogP contribution in [0.5, 0.6) is 5.75 Å². The van der Waals surface area contributed by atoms with Gasteiger partial charge in [0.15, 0.2) is 17.3 Å². The molecule has 2 aromatic carbocycles. The summed E-state index contributed by atoms with van der Waals surface area (Å²) in [6.45, 7) is 11.2. The molecule has 0 spiro atoms. The molecule has 3 aliphatic rings. The van der Waals surface area contributed by atoms with E-state index in [0.29, 0.717) is 35.0 Å². The van der Waals surface area contributed by atoms with Crippen molar-refractivity contribution < 1.29 is 22.2 Å². The van der Waals surface area contributed by atoms with E-state index >= 15 is 0 Å². The highest BCUT2D eigenvalue weighted by molar-refractivity contribution is 9.10. The predicted octanol–water partition coefficient (Wildman–Crippen LogP) is 6.92. The monoisotopic (exact) mass is 611 g/mol. The zero-order valence-corrected chi connectivity index (χ0v) is 25.4. The Morgan fingerprint density at radius 2 is 1.41 bits per heavy atom. The van der Waals surface area contributed by atoms with Gasteiger partial charge in [0.25, 0.3) is 0 Å². The van der Waals surface area contributed by atoms with Crippen LogP contribution in [0, 0.1) is 10.8 Å². The molecule has 5 rings (SSSR count). The van der Waals surface area contributed by atoms with E-state index < -0.39 is 16.0 Å². The van der Waals surface area contributed by atoms with Gasteiger partial charge in [0.05, 0.1) is 4.47 Å². The van der Waals surface area contributed by atoms with Crippen molar-refractivity contribution in [3.05, 3.63) is 81.1 Å². The largest absolute Gasteiger partial charge is 0.378 e. The molecule has 0 unspecified atom stereocenters. The fraction of sp³-hybridized carbons (Fsp3) is 0.419. The Morgan fingerprint density at radius 1 is 0.872 bits per heavy atom. The van der Waals surface area contributed by atoms with Gasteiger partial charge in [-0.25, -0.2) is 0 Å². The molecule has 0 saturated carbocycles. The second-order valence-electron chi connectivity index (χ2n) is 12.3. The summed E-state index contributed by atoms with van der Waals surface area (Å²) in [6, 6.07) is 13.1. The molecule has 2 aromatic rings. The third-order valence-corrected chi connectivity index (χ3v) is 9.73. The van der Waals surface area contributed by atoms with Crippen molar-refractivity contribution in [2.24, 2.45) is 10.8 Å². The van der Waals surface area contributed by atoms with Crippen molar-refractivity contribution >= 4 is 37.6 Å². The number of nitrogens with zero attached hydrogens (tertiary/aromatic N) is 1. The van der Waals surface area contributed by atoms with E-state index in [4.69, 9.17) is 4.18 Å². The number of benzene rings is 2. The number of Topliss-reactive ketones (excluding diaryl/α,β-unsaturated/α-hetero) is 2. The van der Waals surface area contributed by atoms with Crippen LogP contribution in [0.4, 0.5) is 0 Å². The van der Waals surface area contributed by atoms with Gasteiger partial charge in [0, 0.05) is 47.8 Å². The molecule has 39 heavy (non-hydrogen) atoms. The summed E-state index contributed by atoms with van der Waals surface area (Å²) in [5.41, 5.74) is 3.82. The van der Waals surface area contributed by atoms with E-state index in [1.165, 1.54) is 12.1 Å². The number of carbonyl (C=O) groups is 2. The molecule has 0 radical (unpaired) electrons. The van der Waals surface area contributed by atoms with E-state index in [-0.39, 0.29) is 33.0 Å². The minimum Gasteiger partial charge on any atom is -0.378 e. The maximum Gasteiger partial charge on any atom is 0.339 e. The number of hydrogen-bond acceptors (Lipinski definition) is 6. The molecule has 8 heteroatoms. The summed E-state index contributed by atoms with van der Waals surface area (Å²) in [6.07, 6.45) is 2.34. The van der Waals surface area contributed by atoms with Gasteiger partial charge in [-0.05, 0) is 76.4 Å². The third kappa shape index (κ3) is 5.13. The topological polar surface area (TPSA) is 80.8 Å². The molecular weight excluding hydrogens is 578 g/mol. The predicted molar refractivity (Wildman–Crippen MR) is 154 cm³/mol. The lowest BCUT2D eigenvalue weighted by Crippen LogP contribution is -2.44. The third-order valence-electron chi connectivity index (χ3n) is 7.86. The number of allylic oxidation sites excluding steroid dienone is 4. The molecule has 1 aliphatic heterocycles. The summed E-state index contributed by atoms with van der Waals surface area (Å²) in [4.78, 5) is 29.8. The molecule has 0 fully saturated rings. The number of carbonyl (C=O) groups excluding carboxylic acids is 2. The summed E-state index contributed by atoms with van der Waals surface area (Å²) in [5, 5.41) is 0. The Kier molecular flexibility index (Phi) is 6.95. The first kappa shape index (κ1) is 27.8. The molecule has 2 aliphatic carbocycles. The SMILES string of the molecule is CCN1C2=C(C(=O)CC(C)(C)C2)C(c2ccc(OS(=O)(=O)c3ccccc3)c(Br)c2)C2=C1CC(C)(C)CC2=O. The summed E-state index contributed by atoms with van der Waals surface area (Å²) in [5.74, 6) is -0.223. The van der Waals surface area contributed by atoms with E-state index in [0.717, 1.165) is 29.8 Å². The second-order valence-corrected chi connectivity index (χ2v) is 14.7. The standard InChI is InChI=1S/C31H34BrNO5S/c1-6-33-22-15-30(2,3)17-24(34)28(22)27(29-23(33)16-31(4,5)18-25(29)35)19-12-13-26(21(32)14-19)38-39(36,37)20-10-8-7-9-11-20/h7-14,27H,6,15-18H2,1-5H3. The highest BCUT2D eigenvalue weighted by Gasteiger charge is 2.48. The molecule has 1 heterocycles. The number of ketones is 2. The zero-order valence-electron chi connectivity index (χ0n) is 23.0. The average Bonchev–Trinajstić information content (AvgIpc) is 2.83. The van der Waals surface area contributed by atoms with Gasteiger partial charge >= 0.3 is 10.1 Å². The highest BCUT2D eigenvalue weighted by Crippen LogP contribution is 2.54. The Labute approximate surface area is 239 Å². The van der Waals surface area contributed by atoms with Gasteiger partial charge in [-0.15, -0.1) is 0 Å². The minimum atomic E-state index is -4.03. The zero-order chi connectivity index (χ0) is 28.3. The van der Waals surface area contributed by atoms with Crippen molar-refractivity contribution in [2.75, 3.05) is 6.54 Å². The van der Waals surface area contributed by atoms with Crippen LogP contribution in [0.3, 0.4) is 0 Å². The number of rotatable bonds is 5. The molecule has 0 saturated heterocycles. The van der Waals surface area contributed by atoms with Crippen molar-refractivity contribution in [3.8, 4) is 5.75 Å². The van der Waals surface area contributed by atoms with Crippen molar-refractivity contribution in [1.82, 2.24) is 4.90 Å². The maximum absolute atomic E-state index is 13.8. The van der Waals surface area contributed by atoms with Crippen molar-refractivity contribution in [3.63, 3.8) is 0 Å².